The molecule has 0 spiro atoms. The van der Waals surface area contributed by atoms with E-state index < -0.39 is 35.4 Å². The number of amides is 3. The molecule has 3 amide bonds. The fourth-order valence-corrected chi connectivity index (χ4v) is 4.96. The molecular weight excluding hydrogens is 436 g/mol. The standard InChI is InChI=1S/C23H23F2N3O3S/c1-12(2)9-19(28-21(30)14-5-3-4-6-15(14)22(28)31)20(29)27-23-26-18(11-32-23)16-10-13(24)7-8-17(16)25/h3-4,7-8,10-12,14-15,19H,5-6,9H2,1-2H3,(H,26,27,29). The number of nitrogens with zero attached hydrogens (tertiary/aromatic N) is 2. The van der Waals surface area contributed by atoms with E-state index >= 15 is 0 Å². The molecule has 4 rings (SSSR count). The number of allylic oxidation sites excluding steroid dienone is 2. The highest BCUT2D eigenvalue weighted by molar-refractivity contribution is 7.14. The summed E-state index contributed by atoms with van der Waals surface area (Å²) in [7, 11) is 0. The van der Waals surface area contributed by atoms with E-state index in [-0.39, 0.29) is 34.1 Å². The van der Waals surface area contributed by atoms with Gasteiger partial charge in [-0.3, -0.25) is 19.3 Å². The Morgan fingerprint density at radius 3 is 2.47 bits per heavy atom. The van der Waals surface area contributed by atoms with Gasteiger partial charge in [-0.1, -0.05) is 26.0 Å². The van der Waals surface area contributed by atoms with Crippen LogP contribution in [-0.2, 0) is 14.4 Å². The van der Waals surface area contributed by atoms with Gasteiger partial charge in [-0.2, -0.15) is 0 Å². The van der Waals surface area contributed by atoms with Gasteiger partial charge in [0.05, 0.1) is 17.5 Å². The van der Waals surface area contributed by atoms with Gasteiger partial charge >= 0.3 is 0 Å². The third-order valence-corrected chi connectivity index (χ3v) is 6.55. The van der Waals surface area contributed by atoms with Gasteiger partial charge in [0.25, 0.3) is 0 Å². The molecule has 2 aromatic rings. The number of nitrogens with one attached hydrogen (secondary N) is 1. The van der Waals surface area contributed by atoms with E-state index in [9.17, 15) is 23.2 Å². The van der Waals surface area contributed by atoms with Gasteiger partial charge in [0.1, 0.15) is 17.7 Å². The minimum absolute atomic E-state index is 0.0121. The van der Waals surface area contributed by atoms with Gasteiger partial charge in [0.2, 0.25) is 17.7 Å². The summed E-state index contributed by atoms with van der Waals surface area (Å²) in [6, 6.07) is 2.11. The molecule has 1 aromatic carbocycles. The predicted octanol–water partition coefficient (Wildman–Crippen LogP) is 4.39. The number of rotatable bonds is 6. The molecule has 0 radical (unpaired) electrons. The van der Waals surface area contributed by atoms with E-state index in [2.05, 4.69) is 10.3 Å². The van der Waals surface area contributed by atoms with Gasteiger partial charge in [0, 0.05) is 10.9 Å². The van der Waals surface area contributed by atoms with Crippen LogP contribution in [0.3, 0.4) is 0 Å². The first-order valence-corrected chi connectivity index (χ1v) is 11.4. The van der Waals surface area contributed by atoms with Crippen molar-refractivity contribution in [2.24, 2.45) is 17.8 Å². The molecule has 1 saturated heterocycles. The quantitative estimate of drug-likeness (QED) is 0.513. The minimum Gasteiger partial charge on any atom is -0.300 e. The Bertz CT molecular complexity index is 1070. The Balaban J connectivity index is 1.56. The SMILES string of the molecule is CC(C)CC(C(=O)Nc1nc(-c2cc(F)ccc2F)cs1)N1C(=O)C2CC=CCC2C1=O. The van der Waals surface area contributed by atoms with Crippen molar-refractivity contribution in [1.82, 2.24) is 9.88 Å². The summed E-state index contributed by atoms with van der Waals surface area (Å²) >= 11 is 1.06. The average Bonchev–Trinajstić information content (AvgIpc) is 3.31. The second kappa shape index (κ2) is 8.90. The monoisotopic (exact) mass is 459 g/mol. The van der Waals surface area contributed by atoms with Crippen LogP contribution in [0, 0.1) is 29.4 Å². The molecule has 6 nitrogen and oxygen atoms in total. The number of carbonyl (C=O) groups is 3. The molecule has 1 aliphatic carbocycles. The van der Waals surface area contributed by atoms with E-state index in [0.29, 0.717) is 19.3 Å². The molecule has 9 heteroatoms. The summed E-state index contributed by atoms with van der Waals surface area (Å²) in [6.45, 7) is 3.82. The summed E-state index contributed by atoms with van der Waals surface area (Å²) in [6.07, 6.45) is 5.10. The largest absolute Gasteiger partial charge is 0.300 e. The van der Waals surface area contributed by atoms with Crippen molar-refractivity contribution < 1.29 is 23.2 Å². The molecule has 0 saturated carbocycles. The molecule has 3 unspecified atom stereocenters. The number of likely N-dealkylation sites (tertiary alicyclic amines) is 1. The van der Waals surface area contributed by atoms with E-state index in [4.69, 9.17) is 0 Å². The van der Waals surface area contributed by atoms with Crippen LogP contribution in [0.15, 0.2) is 35.7 Å². The number of anilines is 1. The summed E-state index contributed by atoms with van der Waals surface area (Å²) in [4.78, 5) is 44.5. The summed E-state index contributed by atoms with van der Waals surface area (Å²) in [5.74, 6) is -3.16. The number of thiazole rings is 1. The van der Waals surface area contributed by atoms with Gasteiger partial charge < -0.3 is 5.32 Å². The van der Waals surface area contributed by atoms with Crippen LogP contribution in [0.5, 0.6) is 0 Å². The Hall–Kier alpha value is -2.94. The fraction of sp³-hybridized carbons (Fsp3) is 0.391. The zero-order chi connectivity index (χ0) is 23.0. The number of benzene rings is 1. The van der Waals surface area contributed by atoms with E-state index in [1.807, 2.05) is 26.0 Å². The number of imide groups is 1. The molecule has 1 aliphatic heterocycles. The van der Waals surface area contributed by atoms with Crippen LogP contribution in [0.4, 0.5) is 13.9 Å². The van der Waals surface area contributed by atoms with E-state index in [1.54, 1.807) is 0 Å². The van der Waals surface area contributed by atoms with Crippen LogP contribution >= 0.6 is 11.3 Å². The van der Waals surface area contributed by atoms with Crippen molar-refractivity contribution in [1.29, 1.82) is 0 Å². The van der Waals surface area contributed by atoms with Crippen molar-refractivity contribution in [3.63, 3.8) is 0 Å². The lowest BCUT2D eigenvalue weighted by atomic mass is 9.85. The number of aromatic nitrogens is 1. The van der Waals surface area contributed by atoms with Crippen LogP contribution in [0.1, 0.15) is 33.1 Å². The van der Waals surface area contributed by atoms with E-state index in [0.717, 1.165) is 34.4 Å². The number of hydrogen-bond acceptors (Lipinski definition) is 5. The zero-order valence-electron chi connectivity index (χ0n) is 17.7. The highest BCUT2D eigenvalue weighted by Crippen LogP contribution is 2.37. The topological polar surface area (TPSA) is 79.4 Å². The second-order valence-electron chi connectivity index (χ2n) is 8.50. The van der Waals surface area contributed by atoms with Crippen LogP contribution in [0.2, 0.25) is 0 Å². The Morgan fingerprint density at radius 1 is 1.19 bits per heavy atom. The first-order chi connectivity index (χ1) is 15.3. The smallest absolute Gasteiger partial charge is 0.249 e. The molecule has 0 bridgehead atoms. The molecule has 1 N–H and O–H groups in total. The number of fused-ring (bicyclic) bond motifs is 1. The van der Waals surface area contributed by atoms with Gasteiger partial charge in [-0.25, -0.2) is 13.8 Å². The van der Waals surface area contributed by atoms with E-state index in [1.165, 1.54) is 5.38 Å². The lowest BCUT2D eigenvalue weighted by Gasteiger charge is -2.27. The van der Waals surface area contributed by atoms with Crippen LogP contribution < -0.4 is 5.32 Å². The molecule has 168 valence electrons. The van der Waals surface area contributed by atoms with Crippen molar-refractivity contribution in [3.8, 4) is 11.3 Å². The molecule has 32 heavy (non-hydrogen) atoms. The van der Waals surface area contributed by atoms with Crippen molar-refractivity contribution in [2.45, 2.75) is 39.2 Å². The third kappa shape index (κ3) is 4.21. The zero-order valence-corrected chi connectivity index (χ0v) is 18.5. The van der Waals surface area contributed by atoms with Crippen molar-refractivity contribution >= 4 is 34.2 Å². The molecular formula is C23H23F2N3O3S. The number of halogens is 2. The molecule has 2 heterocycles. The Labute approximate surface area is 188 Å². The highest BCUT2D eigenvalue weighted by Gasteiger charge is 2.51. The highest BCUT2D eigenvalue weighted by atomic mass is 32.1. The molecule has 3 atom stereocenters. The van der Waals surface area contributed by atoms with Gasteiger partial charge in [0.15, 0.2) is 5.13 Å². The predicted molar refractivity (Wildman–Crippen MR) is 117 cm³/mol. The van der Waals surface area contributed by atoms with Crippen LogP contribution in [-0.4, -0.2) is 33.6 Å². The molecule has 1 fully saturated rings. The number of hydrogen-bond donors (Lipinski definition) is 1. The normalized spacial score (nSPS) is 21.2. The Morgan fingerprint density at radius 2 is 1.84 bits per heavy atom. The fourth-order valence-electron chi connectivity index (χ4n) is 4.25. The van der Waals surface area contributed by atoms with Crippen molar-refractivity contribution in [2.75, 3.05) is 5.32 Å². The summed E-state index contributed by atoms with van der Waals surface area (Å²) < 4.78 is 27.6. The maximum Gasteiger partial charge on any atom is 0.249 e. The summed E-state index contributed by atoms with van der Waals surface area (Å²) in [5.41, 5.74) is 0.176. The van der Waals surface area contributed by atoms with Crippen LogP contribution in [0.25, 0.3) is 11.3 Å². The second-order valence-corrected chi connectivity index (χ2v) is 9.36. The lowest BCUT2D eigenvalue weighted by molar-refractivity contribution is -0.147. The average molecular weight is 460 g/mol. The number of carbonyl (C=O) groups excluding carboxylic acids is 3. The first kappa shape index (κ1) is 22.3. The molecule has 2 aliphatic rings. The summed E-state index contributed by atoms with van der Waals surface area (Å²) in [5, 5.41) is 4.35. The maximum absolute atomic E-state index is 14.1. The minimum atomic E-state index is -0.959. The first-order valence-electron chi connectivity index (χ1n) is 10.5. The molecule has 1 aromatic heterocycles. The van der Waals surface area contributed by atoms with Gasteiger partial charge in [-0.05, 0) is 43.4 Å². The maximum atomic E-state index is 14.1. The Kier molecular flexibility index (Phi) is 6.19. The lowest BCUT2D eigenvalue weighted by Crippen LogP contribution is -2.48. The third-order valence-electron chi connectivity index (χ3n) is 5.79. The van der Waals surface area contributed by atoms with Crippen molar-refractivity contribution in [3.05, 3.63) is 47.4 Å². The van der Waals surface area contributed by atoms with Gasteiger partial charge in [-0.15, -0.1) is 11.3 Å².